The summed E-state index contributed by atoms with van der Waals surface area (Å²) in [5.41, 5.74) is 2.68. The SMILES string of the molecule is COc1ccc(-c2coc3c2C(=O)CCC3)cc1I. The molecule has 0 atom stereocenters. The molecule has 0 spiro atoms. The molecule has 3 nitrogen and oxygen atoms in total. The average Bonchev–Trinajstić information content (AvgIpc) is 2.84. The van der Waals surface area contributed by atoms with Crippen LogP contribution >= 0.6 is 22.6 Å². The highest BCUT2D eigenvalue weighted by atomic mass is 127. The van der Waals surface area contributed by atoms with E-state index in [1.165, 1.54) is 0 Å². The normalized spacial score (nSPS) is 14.3. The summed E-state index contributed by atoms with van der Waals surface area (Å²) in [6.07, 6.45) is 4.06. The first-order valence-electron chi connectivity index (χ1n) is 6.18. The molecule has 1 aromatic carbocycles. The van der Waals surface area contributed by atoms with Gasteiger partial charge in [-0.2, -0.15) is 0 Å². The summed E-state index contributed by atoms with van der Waals surface area (Å²) in [6, 6.07) is 5.91. The van der Waals surface area contributed by atoms with Gasteiger partial charge in [0.05, 0.1) is 22.5 Å². The zero-order valence-electron chi connectivity index (χ0n) is 10.5. The molecule has 1 heterocycles. The van der Waals surface area contributed by atoms with Crippen molar-refractivity contribution in [3.05, 3.63) is 39.4 Å². The van der Waals surface area contributed by atoms with Crippen LogP contribution in [0.2, 0.25) is 0 Å². The van der Waals surface area contributed by atoms with Crippen molar-refractivity contribution in [2.24, 2.45) is 0 Å². The Balaban J connectivity index is 2.10. The standard InChI is InChI=1S/C15H13IO3/c1-18-13-6-5-9(7-11(13)16)10-8-19-14-4-2-3-12(17)15(10)14/h5-8H,2-4H2,1H3. The zero-order chi connectivity index (χ0) is 13.4. The van der Waals surface area contributed by atoms with Gasteiger partial charge < -0.3 is 9.15 Å². The van der Waals surface area contributed by atoms with Crippen molar-refractivity contribution < 1.29 is 13.9 Å². The number of furan rings is 1. The van der Waals surface area contributed by atoms with Crippen LogP contribution in [0.5, 0.6) is 5.75 Å². The smallest absolute Gasteiger partial charge is 0.167 e. The maximum absolute atomic E-state index is 12.1. The molecule has 4 heteroatoms. The van der Waals surface area contributed by atoms with E-state index in [2.05, 4.69) is 22.6 Å². The van der Waals surface area contributed by atoms with Crippen LogP contribution in [0.25, 0.3) is 11.1 Å². The van der Waals surface area contributed by atoms with E-state index in [-0.39, 0.29) is 5.78 Å². The number of hydrogen-bond donors (Lipinski definition) is 0. The Kier molecular flexibility index (Phi) is 3.35. The second-order valence-corrected chi connectivity index (χ2v) is 5.74. The van der Waals surface area contributed by atoms with Crippen LogP contribution in [0.1, 0.15) is 29.0 Å². The molecule has 19 heavy (non-hydrogen) atoms. The van der Waals surface area contributed by atoms with Crippen LogP contribution < -0.4 is 4.74 Å². The molecule has 0 bridgehead atoms. The van der Waals surface area contributed by atoms with Crippen molar-refractivity contribution in [2.45, 2.75) is 19.3 Å². The number of benzene rings is 1. The lowest BCUT2D eigenvalue weighted by Gasteiger charge is -2.11. The molecule has 0 saturated heterocycles. The third-order valence-corrected chi connectivity index (χ3v) is 4.26. The van der Waals surface area contributed by atoms with Gasteiger partial charge in [-0.05, 0) is 46.7 Å². The number of ether oxygens (including phenoxy) is 1. The predicted octanol–water partition coefficient (Wildman–Crippen LogP) is 4.08. The number of methoxy groups -OCH3 is 1. The van der Waals surface area contributed by atoms with Crippen molar-refractivity contribution >= 4 is 28.4 Å². The van der Waals surface area contributed by atoms with Gasteiger partial charge in [0.15, 0.2) is 5.78 Å². The maximum Gasteiger partial charge on any atom is 0.167 e. The molecule has 1 aromatic heterocycles. The average molecular weight is 368 g/mol. The minimum absolute atomic E-state index is 0.191. The van der Waals surface area contributed by atoms with Gasteiger partial charge in [0.25, 0.3) is 0 Å². The van der Waals surface area contributed by atoms with Crippen LogP contribution in [0.4, 0.5) is 0 Å². The summed E-state index contributed by atoms with van der Waals surface area (Å²) in [7, 11) is 1.65. The van der Waals surface area contributed by atoms with Gasteiger partial charge in [0.2, 0.25) is 0 Å². The lowest BCUT2D eigenvalue weighted by molar-refractivity contribution is 0.0970. The van der Waals surface area contributed by atoms with E-state index in [0.29, 0.717) is 6.42 Å². The van der Waals surface area contributed by atoms with Gasteiger partial charge in [-0.25, -0.2) is 0 Å². The number of hydrogen-bond acceptors (Lipinski definition) is 3. The molecule has 0 aliphatic heterocycles. The molecule has 0 fully saturated rings. The fourth-order valence-electron chi connectivity index (χ4n) is 2.47. The first-order chi connectivity index (χ1) is 9.20. The molecular formula is C15H13IO3. The summed E-state index contributed by atoms with van der Waals surface area (Å²) in [6.45, 7) is 0. The summed E-state index contributed by atoms with van der Waals surface area (Å²) in [5, 5.41) is 0. The maximum atomic E-state index is 12.1. The van der Waals surface area contributed by atoms with E-state index in [4.69, 9.17) is 9.15 Å². The minimum Gasteiger partial charge on any atom is -0.496 e. The third kappa shape index (κ3) is 2.18. The largest absolute Gasteiger partial charge is 0.496 e. The topological polar surface area (TPSA) is 39.4 Å². The highest BCUT2D eigenvalue weighted by Gasteiger charge is 2.25. The summed E-state index contributed by atoms with van der Waals surface area (Å²) >= 11 is 2.23. The van der Waals surface area contributed by atoms with Gasteiger partial charge in [0, 0.05) is 18.4 Å². The molecule has 0 N–H and O–H groups in total. The second kappa shape index (κ2) is 5.00. The Morgan fingerprint density at radius 2 is 2.16 bits per heavy atom. The van der Waals surface area contributed by atoms with Crippen molar-refractivity contribution in [2.75, 3.05) is 7.11 Å². The molecule has 98 valence electrons. The monoisotopic (exact) mass is 368 g/mol. The van der Waals surface area contributed by atoms with Crippen molar-refractivity contribution in [3.8, 4) is 16.9 Å². The van der Waals surface area contributed by atoms with E-state index in [0.717, 1.165) is 44.6 Å². The number of ketones is 1. The van der Waals surface area contributed by atoms with Crippen molar-refractivity contribution in [3.63, 3.8) is 0 Å². The molecule has 3 rings (SSSR count). The second-order valence-electron chi connectivity index (χ2n) is 4.57. The third-order valence-electron chi connectivity index (χ3n) is 3.42. The molecule has 0 amide bonds. The molecule has 0 unspecified atom stereocenters. The molecule has 0 radical (unpaired) electrons. The number of fused-ring (bicyclic) bond motifs is 1. The molecular weight excluding hydrogens is 355 g/mol. The van der Waals surface area contributed by atoms with Crippen LogP contribution in [-0.4, -0.2) is 12.9 Å². The van der Waals surface area contributed by atoms with Gasteiger partial charge >= 0.3 is 0 Å². The number of halogens is 1. The summed E-state index contributed by atoms with van der Waals surface area (Å²) in [5.74, 6) is 1.86. The fourth-order valence-corrected chi connectivity index (χ4v) is 3.20. The Morgan fingerprint density at radius 3 is 2.89 bits per heavy atom. The van der Waals surface area contributed by atoms with Crippen LogP contribution in [0.3, 0.4) is 0 Å². The van der Waals surface area contributed by atoms with E-state index in [9.17, 15) is 4.79 Å². The first-order valence-corrected chi connectivity index (χ1v) is 7.26. The highest BCUT2D eigenvalue weighted by Crippen LogP contribution is 2.35. The number of rotatable bonds is 2. The van der Waals surface area contributed by atoms with Crippen LogP contribution in [0.15, 0.2) is 28.9 Å². The molecule has 1 aliphatic carbocycles. The Hall–Kier alpha value is -1.30. The predicted molar refractivity (Wildman–Crippen MR) is 80.7 cm³/mol. The Morgan fingerprint density at radius 1 is 1.32 bits per heavy atom. The van der Waals surface area contributed by atoms with E-state index in [1.54, 1.807) is 13.4 Å². The number of carbonyl (C=O) groups is 1. The van der Waals surface area contributed by atoms with E-state index in [1.807, 2.05) is 18.2 Å². The lowest BCUT2D eigenvalue weighted by atomic mass is 9.91. The first kappa shape index (κ1) is 12.7. The Labute approximate surface area is 125 Å². The van der Waals surface area contributed by atoms with Crippen molar-refractivity contribution in [1.29, 1.82) is 0 Å². The Bertz CT molecular complexity index is 643. The number of carbonyl (C=O) groups excluding carboxylic acids is 1. The quantitative estimate of drug-likeness (QED) is 0.750. The van der Waals surface area contributed by atoms with Crippen LogP contribution in [-0.2, 0) is 6.42 Å². The highest BCUT2D eigenvalue weighted by molar-refractivity contribution is 14.1. The van der Waals surface area contributed by atoms with Crippen LogP contribution in [0, 0.1) is 3.57 Å². The van der Waals surface area contributed by atoms with E-state index >= 15 is 0 Å². The summed E-state index contributed by atoms with van der Waals surface area (Å²) < 4.78 is 11.8. The number of Topliss-reactive ketones (excluding diaryl/α,β-unsaturated/α-hetero) is 1. The molecule has 0 saturated carbocycles. The lowest BCUT2D eigenvalue weighted by Crippen LogP contribution is -2.09. The molecule has 2 aromatic rings. The summed E-state index contributed by atoms with van der Waals surface area (Å²) in [4.78, 5) is 12.1. The van der Waals surface area contributed by atoms with Gasteiger partial charge in [-0.1, -0.05) is 6.07 Å². The number of aryl methyl sites for hydroxylation is 1. The zero-order valence-corrected chi connectivity index (χ0v) is 12.7. The van der Waals surface area contributed by atoms with Gasteiger partial charge in [-0.15, -0.1) is 0 Å². The minimum atomic E-state index is 0.191. The van der Waals surface area contributed by atoms with Crippen molar-refractivity contribution in [1.82, 2.24) is 0 Å². The van der Waals surface area contributed by atoms with E-state index < -0.39 is 0 Å². The van der Waals surface area contributed by atoms with Gasteiger partial charge in [-0.3, -0.25) is 4.79 Å². The fraction of sp³-hybridized carbons (Fsp3) is 0.267. The van der Waals surface area contributed by atoms with Gasteiger partial charge in [0.1, 0.15) is 11.5 Å². The molecule has 1 aliphatic rings.